The molecule has 2 aromatic rings. The van der Waals surface area contributed by atoms with E-state index in [0.29, 0.717) is 12.3 Å². The maximum Gasteiger partial charge on any atom is 0.190 e. The van der Waals surface area contributed by atoms with E-state index in [1.807, 2.05) is 0 Å². The van der Waals surface area contributed by atoms with Crippen molar-refractivity contribution in [1.82, 2.24) is 15.2 Å². The fourth-order valence-corrected chi connectivity index (χ4v) is 5.15. The average Bonchev–Trinajstić information content (AvgIpc) is 3.17. The third-order valence-electron chi connectivity index (χ3n) is 4.66. The molecule has 25 heavy (non-hydrogen) atoms. The van der Waals surface area contributed by atoms with Gasteiger partial charge in [-0.2, -0.15) is 0 Å². The normalized spacial score (nSPS) is 20.0. The number of hydrogen-bond donors (Lipinski definition) is 2. The molecule has 1 saturated heterocycles. The second-order valence-electron chi connectivity index (χ2n) is 6.57. The van der Waals surface area contributed by atoms with Crippen molar-refractivity contribution >= 4 is 26.7 Å². The molecule has 6 nitrogen and oxygen atoms in total. The predicted molar refractivity (Wildman–Crippen MR) is 103 cm³/mol. The molecule has 1 atom stereocenters. The van der Waals surface area contributed by atoms with Crippen LogP contribution in [0.2, 0.25) is 0 Å². The van der Waals surface area contributed by atoms with Crippen LogP contribution in [0.3, 0.4) is 0 Å². The van der Waals surface area contributed by atoms with Gasteiger partial charge >= 0.3 is 0 Å². The molecule has 2 heterocycles. The van der Waals surface area contributed by atoms with Gasteiger partial charge in [-0.25, -0.2) is 8.42 Å². The summed E-state index contributed by atoms with van der Waals surface area (Å²) in [5, 5.41) is 7.80. The van der Waals surface area contributed by atoms with Gasteiger partial charge in [-0.3, -0.25) is 4.99 Å². The third kappa shape index (κ3) is 4.75. The molecule has 0 saturated carbocycles. The van der Waals surface area contributed by atoms with Crippen molar-refractivity contribution in [2.75, 3.05) is 31.6 Å². The number of aliphatic imine (C=N–C) groups is 1. The quantitative estimate of drug-likeness (QED) is 0.465. The van der Waals surface area contributed by atoms with Crippen LogP contribution >= 0.6 is 0 Å². The van der Waals surface area contributed by atoms with E-state index in [0.717, 1.165) is 31.9 Å². The fourth-order valence-electron chi connectivity index (χ4n) is 3.29. The fraction of sp³-hybridized carbons (Fsp3) is 0.500. The summed E-state index contributed by atoms with van der Waals surface area (Å²) in [6, 6.07) is 10.5. The third-order valence-corrected chi connectivity index (χ3v) is 6.49. The highest BCUT2D eigenvalue weighted by Gasteiger charge is 2.27. The minimum Gasteiger partial charge on any atom is -0.356 e. The van der Waals surface area contributed by atoms with Crippen molar-refractivity contribution in [2.24, 2.45) is 10.9 Å². The van der Waals surface area contributed by atoms with E-state index < -0.39 is 9.84 Å². The molecule has 0 bridgehead atoms. The summed E-state index contributed by atoms with van der Waals surface area (Å²) in [7, 11) is -1.08. The topological polar surface area (TPSA) is 75.5 Å². The molecule has 0 aliphatic carbocycles. The monoisotopic (exact) mass is 362 g/mol. The van der Waals surface area contributed by atoms with E-state index in [9.17, 15) is 8.42 Å². The zero-order valence-corrected chi connectivity index (χ0v) is 15.4. The first kappa shape index (κ1) is 17.8. The van der Waals surface area contributed by atoms with Crippen molar-refractivity contribution in [3.8, 4) is 0 Å². The van der Waals surface area contributed by atoms with Gasteiger partial charge in [0.15, 0.2) is 15.8 Å². The summed E-state index contributed by atoms with van der Waals surface area (Å²) < 4.78 is 25.3. The lowest BCUT2D eigenvalue weighted by Crippen LogP contribution is -2.40. The maximum absolute atomic E-state index is 11.5. The van der Waals surface area contributed by atoms with Crippen molar-refractivity contribution < 1.29 is 8.42 Å². The van der Waals surface area contributed by atoms with Gasteiger partial charge in [0.1, 0.15) is 0 Å². The number of rotatable bonds is 6. The van der Waals surface area contributed by atoms with Gasteiger partial charge in [0, 0.05) is 38.4 Å². The smallest absolute Gasteiger partial charge is 0.190 e. The number of aromatic nitrogens is 1. The van der Waals surface area contributed by atoms with Gasteiger partial charge in [-0.1, -0.05) is 18.2 Å². The SMILES string of the molecule is CN=C(NCCCn1ccc2ccccc21)NCC1CCS(=O)(=O)C1. The molecule has 7 heteroatoms. The number of sulfone groups is 1. The zero-order valence-electron chi connectivity index (χ0n) is 14.6. The van der Waals surface area contributed by atoms with Crippen molar-refractivity contribution in [2.45, 2.75) is 19.4 Å². The van der Waals surface area contributed by atoms with Gasteiger partial charge in [-0.15, -0.1) is 0 Å². The number of hydrogen-bond acceptors (Lipinski definition) is 3. The second kappa shape index (κ2) is 7.91. The lowest BCUT2D eigenvalue weighted by molar-refractivity contribution is 0.564. The number of nitrogens with zero attached hydrogens (tertiary/aromatic N) is 2. The molecular formula is C18H26N4O2S. The molecule has 0 spiro atoms. The highest BCUT2D eigenvalue weighted by Crippen LogP contribution is 2.17. The highest BCUT2D eigenvalue weighted by molar-refractivity contribution is 7.91. The average molecular weight is 362 g/mol. The van der Waals surface area contributed by atoms with E-state index in [4.69, 9.17) is 0 Å². The van der Waals surface area contributed by atoms with Gasteiger partial charge in [0.25, 0.3) is 0 Å². The van der Waals surface area contributed by atoms with Crippen LogP contribution in [0.5, 0.6) is 0 Å². The number of para-hydroxylation sites is 1. The van der Waals surface area contributed by atoms with Crippen molar-refractivity contribution in [3.05, 3.63) is 36.5 Å². The Morgan fingerprint density at radius 1 is 1.28 bits per heavy atom. The molecule has 0 amide bonds. The minimum absolute atomic E-state index is 0.190. The molecule has 0 radical (unpaired) electrons. The van der Waals surface area contributed by atoms with Crippen LogP contribution in [0, 0.1) is 5.92 Å². The summed E-state index contributed by atoms with van der Waals surface area (Å²) in [6.07, 6.45) is 3.85. The molecular weight excluding hydrogens is 336 g/mol. The molecule has 136 valence electrons. The summed E-state index contributed by atoms with van der Waals surface area (Å²) in [4.78, 5) is 4.21. The Kier molecular flexibility index (Phi) is 5.63. The van der Waals surface area contributed by atoms with Crippen LogP contribution in [0.1, 0.15) is 12.8 Å². The lowest BCUT2D eigenvalue weighted by Gasteiger charge is -2.14. The van der Waals surface area contributed by atoms with E-state index in [1.54, 1.807) is 7.05 Å². The Bertz CT molecular complexity index is 842. The van der Waals surface area contributed by atoms with E-state index in [2.05, 4.69) is 56.7 Å². The molecule has 1 fully saturated rings. The largest absolute Gasteiger partial charge is 0.356 e. The summed E-state index contributed by atoms with van der Waals surface area (Å²) in [6.45, 7) is 2.41. The van der Waals surface area contributed by atoms with Crippen LogP contribution in [-0.2, 0) is 16.4 Å². The van der Waals surface area contributed by atoms with Gasteiger partial charge in [0.05, 0.1) is 11.5 Å². The maximum atomic E-state index is 11.5. The summed E-state index contributed by atoms with van der Waals surface area (Å²) >= 11 is 0. The van der Waals surface area contributed by atoms with E-state index in [-0.39, 0.29) is 11.7 Å². The first-order valence-corrected chi connectivity index (χ1v) is 10.6. The van der Waals surface area contributed by atoms with Crippen LogP contribution in [0.15, 0.2) is 41.5 Å². The standard InChI is InChI=1S/C18H26N4O2S/c1-19-18(21-13-15-8-12-25(23,24)14-15)20-9-4-10-22-11-7-16-5-2-3-6-17(16)22/h2-3,5-7,11,15H,4,8-10,12-14H2,1H3,(H2,19,20,21). The van der Waals surface area contributed by atoms with Crippen molar-refractivity contribution in [3.63, 3.8) is 0 Å². The number of fused-ring (bicyclic) bond motifs is 1. The van der Waals surface area contributed by atoms with Gasteiger partial charge in [-0.05, 0) is 36.3 Å². The molecule has 3 rings (SSSR count). The molecule has 1 unspecified atom stereocenters. The lowest BCUT2D eigenvalue weighted by atomic mass is 10.1. The number of benzene rings is 1. The van der Waals surface area contributed by atoms with Crippen molar-refractivity contribution in [1.29, 1.82) is 0 Å². The van der Waals surface area contributed by atoms with E-state index in [1.165, 1.54) is 10.9 Å². The number of nitrogens with one attached hydrogen (secondary N) is 2. The highest BCUT2D eigenvalue weighted by atomic mass is 32.2. The van der Waals surface area contributed by atoms with Crippen LogP contribution < -0.4 is 10.6 Å². The molecule has 1 aliphatic rings. The summed E-state index contributed by atoms with van der Waals surface area (Å²) in [5.41, 5.74) is 1.26. The second-order valence-corrected chi connectivity index (χ2v) is 8.80. The molecule has 2 N–H and O–H groups in total. The van der Waals surface area contributed by atoms with Crippen LogP contribution in [0.4, 0.5) is 0 Å². The minimum atomic E-state index is -2.82. The van der Waals surface area contributed by atoms with Gasteiger partial charge < -0.3 is 15.2 Å². The Balaban J connectivity index is 1.40. The van der Waals surface area contributed by atoms with Gasteiger partial charge in [0.2, 0.25) is 0 Å². The number of guanidine groups is 1. The molecule has 1 aromatic heterocycles. The van der Waals surface area contributed by atoms with Crippen LogP contribution in [-0.4, -0.2) is 50.6 Å². The van der Waals surface area contributed by atoms with Crippen LogP contribution in [0.25, 0.3) is 10.9 Å². The summed E-state index contributed by atoms with van der Waals surface area (Å²) in [5.74, 6) is 1.53. The predicted octanol–water partition coefficient (Wildman–Crippen LogP) is 1.63. The first-order chi connectivity index (χ1) is 12.1. The Morgan fingerprint density at radius 2 is 2.12 bits per heavy atom. The molecule has 1 aliphatic heterocycles. The Morgan fingerprint density at radius 3 is 2.88 bits per heavy atom. The molecule has 1 aromatic carbocycles. The number of aryl methyl sites for hydroxylation is 1. The zero-order chi connectivity index (χ0) is 17.7. The Labute approximate surface area is 149 Å². The first-order valence-electron chi connectivity index (χ1n) is 8.76. The van der Waals surface area contributed by atoms with E-state index >= 15 is 0 Å². The Hall–Kier alpha value is -2.02.